The predicted octanol–water partition coefficient (Wildman–Crippen LogP) is 2.09. The quantitative estimate of drug-likeness (QED) is 0.901. The van der Waals surface area contributed by atoms with Crippen LogP contribution in [0.5, 0.6) is 11.6 Å². The third kappa shape index (κ3) is 3.71. The first-order valence-corrected chi connectivity index (χ1v) is 7.86. The number of nitrogens with zero attached hydrogens (tertiary/aromatic N) is 2. The zero-order valence-electron chi connectivity index (χ0n) is 14.1. The van der Waals surface area contributed by atoms with E-state index in [2.05, 4.69) is 10.3 Å². The maximum atomic E-state index is 12.4. The number of carbonyl (C=O) groups is 2. The van der Waals surface area contributed by atoms with Gasteiger partial charge in [0.25, 0.3) is 0 Å². The molecular formula is C18H19N3O4. The Bertz CT molecular complexity index is 776. The molecule has 25 heavy (non-hydrogen) atoms. The minimum Gasteiger partial charge on any atom is -0.497 e. The van der Waals surface area contributed by atoms with Crippen molar-refractivity contribution in [3.05, 3.63) is 42.6 Å². The van der Waals surface area contributed by atoms with Gasteiger partial charge in [-0.15, -0.1) is 0 Å². The second-order valence-electron chi connectivity index (χ2n) is 5.69. The Morgan fingerprint density at radius 2 is 2.08 bits per heavy atom. The number of amides is 2. The zero-order chi connectivity index (χ0) is 17.8. The van der Waals surface area contributed by atoms with Crippen molar-refractivity contribution in [1.82, 2.24) is 4.98 Å². The van der Waals surface area contributed by atoms with Crippen LogP contribution < -0.4 is 19.7 Å². The summed E-state index contributed by atoms with van der Waals surface area (Å²) in [5.41, 5.74) is 1.30. The smallest absolute Gasteiger partial charge is 0.229 e. The number of pyridine rings is 1. The molecule has 0 aliphatic carbocycles. The van der Waals surface area contributed by atoms with E-state index in [-0.39, 0.29) is 18.2 Å². The highest BCUT2D eigenvalue weighted by Crippen LogP contribution is 2.28. The van der Waals surface area contributed by atoms with Crippen LogP contribution in [0.1, 0.15) is 6.42 Å². The van der Waals surface area contributed by atoms with Crippen LogP contribution in [0.15, 0.2) is 42.6 Å². The van der Waals surface area contributed by atoms with Crippen molar-refractivity contribution in [3.8, 4) is 11.6 Å². The molecule has 1 unspecified atom stereocenters. The van der Waals surface area contributed by atoms with Gasteiger partial charge in [0.2, 0.25) is 17.7 Å². The second kappa shape index (κ2) is 7.21. The predicted molar refractivity (Wildman–Crippen MR) is 92.9 cm³/mol. The Labute approximate surface area is 145 Å². The molecule has 0 radical (unpaired) electrons. The van der Waals surface area contributed by atoms with Crippen molar-refractivity contribution < 1.29 is 19.1 Å². The normalized spacial score (nSPS) is 16.6. The lowest BCUT2D eigenvalue weighted by atomic mass is 10.1. The van der Waals surface area contributed by atoms with Crippen LogP contribution in [0.2, 0.25) is 0 Å². The average Bonchev–Trinajstić information content (AvgIpc) is 3.04. The van der Waals surface area contributed by atoms with E-state index in [0.717, 1.165) is 5.69 Å². The Morgan fingerprint density at radius 3 is 2.76 bits per heavy atom. The Morgan fingerprint density at radius 1 is 1.24 bits per heavy atom. The van der Waals surface area contributed by atoms with Crippen LogP contribution in [0.4, 0.5) is 11.4 Å². The topological polar surface area (TPSA) is 80.8 Å². The molecule has 1 aliphatic heterocycles. The van der Waals surface area contributed by atoms with E-state index in [0.29, 0.717) is 23.9 Å². The highest BCUT2D eigenvalue weighted by atomic mass is 16.5. The van der Waals surface area contributed by atoms with Gasteiger partial charge in [0.15, 0.2) is 0 Å². The Kier molecular flexibility index (Phi) is 4.83. The molecule has 0 saturated carbocycles. The number of ether oxygens (including phenoxy) is 2. The molecule has 7 nitrogen and oxygen atoms in total. The van der Waals surface area contributed by atoms with Crippen LogP contribution >= 0.6 is 0 Å². The van der Waals surface area contributed by atoms with Gasteiger partial charge in [-0.05, 0) is 18.2 Å². The van der Waals surface area contributed by atoms with E-state index >= 15 is 0 Å². The SMILES string of the molecule is COc1cccc(N2CC(C(=O)Nc3ccc(OC)nc3)CC2=O)c1. The highest BCUT2D eigenvalue weighted by Gasteiger charge is 2.35. The van der Waals surface area contributed by atoms with Gasteiger partial charge in [0, 0.05) is 30.8 Å². The van der Waals surface area contributed by atoms with Gasteiger partial charge in [-0.3, -0.25) is 9.59 Å². The third-order valence-corrected chi connectivity index (χ3v) is 4.07. The Hall–Kier alpha value is -3.09. The largest absolute Gasteiger partial charge is 0.497 e. The van der Waals surface area contributed by atoms with Gasteiger partial charge in [-0.1, -0.05) is 6.07 Å². The summed E-state index contributed by atoms with van der Waals surface area (Å²) in [5, 5.41) is 2.79. The van der Waals surface area contributed by atoms with E-state index in [1.807, 2.05) is 18.2 Å². The molecule has 1 aliphatic rings. The molecule has 2 heterocycles. The standard InChI is InChI=1S/C18H19N3O4/c1-24-15-5-3-4-14(9-15)21-11-12(8-17(21)22)18(23)20-13-6-7-16(25-2)19-10-13/h3-7,9-10,12H,8,11H2,1-2H3,(H,20,23). The summed E-state index contributed by atoms with van der Waals surface area (Å²) >= 11 is 0. The van der Waals surface area contributed by atoms with Crippen LogP contribution in [0.25, 0.3) is 0 Å². The number of aromatic nitrogens is 1. The van der Waals surface area contributed by atoms with Gasteiger partial charge >= 0.3 is 0 Å². The number of methoxy groups -OCH3 is 2. The third-order valence-electron chi connectivity index (χ3n) is 4.07. The van der Waals surface area contributed by atoms with Crippen LogP contribution in [0.3, 0.4) is 0 Å². The minimum absolute atomic E-state index is 0.0822. The van der Waals surface area contributed by atoms with Crippen molar-refractivity contribution in [2.45, 2.75) is 6.42 Å². The van der Waals surface area contributed by atoms with E-state index < -0.39 is 5.92 Å². The summed E-state index contributed by atoms with van der Waals surface area (Å²) in [6.45, 7) is 0.335. The van der Waals surface area contributed by atoms with Crippen molar-refractivity contribution in [1.29, 1.82) is 0 Å². The summed E-state index contributed by atoms with van der Waals surface area (Å²) in [4.78, 5) is 30.4. The number of anilines is 2. The number of nitrogens with one attached hydrogen (secondary N) is 1. The zero-order valence-corrected chi connectivity index (χ0v) is 14.1. The van der Waals surface area contributed by atoms with Crippen molar-refractivity contribution in [2.24, 2.45) is 5.92 Å². The molecule has 1 saturated heterocycles. The van der Waals surface area contributed by atoms with Crippen molar-refractivity contribution in [2.75, 3.05) is 31.0 Å². The number of benzene rings is 1. The number of carbonyl (C=O) groups excluding carboxylic acids is 2. The molecule has 0 bridgehead atoms. The van der Waals surface area contributed by atoms with Gasteiger partial charge in [-0.2, -0.15) is 0 Å². The average molecular weight is 341 g/mol. The molecule has 1 aromatic heterocycles. The first kappa shape index (κ1) is 16.8. The molecule has 0 spiro atoms. The van der Waals surface area contributed by atoms with Gasteiger partial charge in [-0.25, -0.2) is 4.98 Å². The Balaban J connectivity index is 1.67. The first-order valence-electron chi connectivity index (χ1n) is 7.86. The lowest BCUT2D eigenvalue weighted by molar-refractivity contribution is -0.122. The maximum Gasteiger partial charge on any atom is 0.229 e. The molecule has 7 heteroatoms. The summed E-state index contributed by atoms with van der Waals surface area (Å²) in [6.07, 6.45) is 1.69. The summed E-state index contributed by atoms with van der Waals surface area (Å²) in [6, 6.07) is 10.6. The molecule has 2 aromatic rings. The van der Waals surface area contributed by atoms with E-state index in [1.165, 1.54) is 13.3 Å². The fraction of sp³-hybridized carbons (Fsp3) is 0.278. The number of rotatable bonds is 5. The van der Waals surface area contributed by atoms with E-state index in [1.54, 1.807) is 30.2 Å². The molecule has 1 aromatic carbocycles. The molecule has 2 amide bonds. The summed E-state index contributed by atoms with van der Waals surface area (Å²) < 4.78 is 10.2. The summed E-state index contributed by atoms with van der Waals surface area (Å²) in [7, 11) is 3.10. The lowest BCUT2D eigenvalue weighted by Crippen LogP contribution is -2.28. The maximum absolute atomic E-state index is 12.4. The summed E-state index contributed by atoms with van der Waals surface area (Å²) in [5.74, 6) is 0.438. The van der Waals surface area contributed by atoms with Gasteiger partial charge < -0.3 is 19.7 Å². The lowest BCUT2D eigenvalue weighted by Gasteiger charge is -2.17. The molecule has 1 N–H and O–H groups in total. The van der Waals surface area contributed by atoms with Gasteiger partial charge in [0.1, 0.15) is 5.75 Å². The molecule has 130 valence electrons. The molecule has 1 atom stereocenters. The number of hydrogen-bond donors (Lipinski definition) is 1. The fourth-order valence-corrected chi connectivity index (χ4v) is 2.73. The second-order valence-corrected chi connectivity index (χ2v) is 5.69. The monoisotopic (exact) mass is 341 g/mol. The first-order chi connectivity index (χ1) is 12.1. The van der Waals surface area contributed by atoms with Gasteiger partial charge in [0.05, 0.1) is 32.0 Å². The van der Waals surface area contributed by atoms with Crippen molar-refractivity contribution in [3.63, 3.8) is 0 Å². The van der Waals surface area contributed by atoms with E-state index in [4.69, 9.17) is 9.47 Å². The van der Waals surface area contributed by atoms with Crippen molar-refractivity contribution >= 4 is 23.2 Å². The fourth-order valence-electron chi connectivity index (χ4n) is 2.73. The van der Waals surface area contributed by atoms with E-state index in [9.17, 15) is 9.59 Å². The van der Waals surface area contributed by atoms with Crippen LogP contribution in [-0.4, -0.2) is 37.6 Å². The molecular weight excluding hydrogens is 322 g/mol. The van der Waals surface area contributed by atoms with Crippen LogP contribution in [-0.2, 0) is 9.59 Å². The van der Waals surface area contributed by atoms with Crippen LogP contribution in [0, 0.1) is 5.92 Å². The number of hydrogen-bond acceptors (Lipinski definition) is 5. The molecule has 3 rings (SSSR count). The minimum atomic E-state index is -0.416. The highest BCUT2D eigenvalue weighted by molar-refractivity contribution is 6.03. The molecule has 1 fully saturated rings.